The van der Waals surface area contributed by atoms with Crippen LogP contribution in [0.3, 0.4) is 0 Å². The first kappa shape index (κ1) is 56.9. The van der Waals surface area contributed by atoms with Crippen molar-refractivity contribution in [2.45, 2.75) is 61.7 Å². The molecular formula is C45H26BF24NS. The zero-order chi connectivity index (χ0) is 54.4. The minimum absolute atomic E-state index is 0.691. The second kappa shape index (κ2) is 19.8. The Hall–Kier alpha value is -6.02. The van der Waals surface area contributed by atoms with Crippen molar-refractivity contribution >= 4 is 40.6 Å². The van der Waals surface area contributed by atoms with Crippen molar-refractivity contribution < 1.29 is 110 Å². The first-order chi connectivity index (χ1) is 32.7. The number of hydrogen-bond donors (Lipinski definition) is 1. The van der Waals surface area contributed by atoms with Crippen molar-refractivity contribution in [2.75, 3.05) is 0 Å². The van der Waals surface area contributed by atoms with Gasteiger partial charge < -0.3 is 0 Å². The number of thiol groups is 1. The summed E-state index contributed by atoms with van der Waals surface area (Å²) in [6.07, 6.45) is -52.7. The van der Waals surface area contributed by atoms with E-state index in [-0.39, 0.29) is 0 Å². The predicted molar refractivity (Wildman–Crippen MR) is 215 cm³/mol. The molecule has 0 bridgehead atoms. The highest BCUT2D eigenvalue weighted by molar-refractivity contribution is 7.79. The van der Waals surface area contributed by atoms with Crippen LogP contribution in [-0.2, 0) is 61.7 Å². The Morgan fingerprint density at radius 2 is 0.556 bits per heavy atom. The number of alkyl halides is 24. The van der Waals surface area contributed by atoms with E-state index in [1.807, 2.05) is 12.1 Å². The lowest BCUT2D eigenvalue weighted by Gasteiger charge is -2.46. The van der Waals surface area contributed by atoms with Crippen LogP contribution in [0.5, 0.6) is 0 Å². The highest BCUT2D eigenvalue weighted by Gasteiger charge is 2.47. The molecule has 6 aromatic rings. The van der Waals surface area contributed by atoms with Crippen LogP contribution < -0.4 is 26.4 Å². The summed E-state index contributed by atoms with van der Waals surface area (Å²) in [7, 11) is 0. The average Bonchev–Trinajstić information content (AvgIpc) is 3.25. The molecule has 0 aliphatic carbocycles. The van der Waals surface area contributed by atoms with Crippen LogP contribution in [0.2, 0.25) is 0 Å². The molecular weight excluding hydrogens is 1050 g/mol. The standard InChI is InChI=1S/C32H12BF24.C13H13NS/c34-25(35,36)13-1-14(26(37,38)39)6-21(5-13)33(22-7-15(27(40,41)42)2-16(8-22)28(43,44)45,23-9-17(29(46,47)48)3-18(10-23)30(49,50)51)24-11-19(31(52,53)54)4-20(12-24)32(55,56)57;15-11-13-8-4-5-9-14(13)10-12-6-2-1-3-7-12/h1-12H;1-9H,10-11H2/q-1;/p+1. The number of aromatic nitrogens is 1. The van der Waals surface area contributed by atoms with E-state index in [4.69, 9.17) is 0 Å². The lowest BCUT2D eigenvalue weighted by Crippen LogP contribution is -2.75. The van der Waals surface area contributed by atoms with E-state index < -0.39 is 195 Å². The molecule has 27 heteroatoms. The van der Waals surface area contributed by atoms with Crippen molar-refractivity contribution in [3.63, 3.8) is 0 Å². The van der Waals surface area contributed by atoms with Gasteiger partial charge in [0.05, 0.1) is 50.3 Å². The molecule has 388 valence electrons. The number of nitrogens with zero attached hydrogens (tertiary/aromatic N) is 1. The summed E-state index contributed by atoms with van der Waals surface area (Å²) in [4.78, 5) is 0. The Kier molecular flexibility index (Phi) is 15.6. The summed E-state index contributed by atoms with van der Waals surface area (Å²) in [5.74, 6) is 0.772. The van der Waals surface area contributed by atoms with Gasteiger partial charge in [0, 0.05) is 17.7 Å². The Morgan fingerprint density at radius 1 is 0.319 bits per heavy atom. The SMILES string of the molecule is FC(F)(F)c1cc([B-](c2cc(C(F)(F)F)cc(C(F)(F)F)c2)(c2cc(C(F)(F)F)cc(C(F)(F)F)c2)c2cc(C(F)(F)F)cc(C(F)(F)F)c2)cc(C(F)(F)F)c1.SCc1cccc[n+]1Cc1ccccc1. The summed E-state index contributed by atoms with van der Waals surface area (Å²) in [5, 5.41) is 0. The van der Waals surface area contributed by atoms with Crippen molar-refractivity contribution in [1.29, 1.82) is 0 Å². The number of rotatable bonds is 7. The normalized spacial score (nSPS) is 13.5. The van der Waals surface area contributed by atoms with Gasteiger partial charge in [-0.05, 0) is 24.3 Å². The molecule has 1 aromatic heterocycles. The molecule has 0 unspecified atom stereocenters. The zero-order valence-electron chi connectivity index (χ0n) is 35.1. The maximum atomic E-state index is 14.2. The van der Waals surface area contributed by atoms with Gasteiger partial charge in [0.25, 0.3) is 0 Å². The number of hydrogen-bond acceptors (Lipinski definition) is 1. The summed E-state index contributed by atoms with van der Waals surface area (Å²) >= 11 is 4.33. The lowest BCUT2D eigenvalue weighted by atomic mass is 9.12. The van der Waals surface area contributed by atoms with Gasteiger partial charge >= 0.3 is 49.4 Å². The molecule has 0 fully saturated rings. The van der Waals surface area contributed by atoms with Crippen LogP contribution in [-0.4, -0.2) is 6.15 Å². The number of pyridine rings is 1. The van der Waals surface area contributed by atoms with Gasteiger partial charge in [-0.2, -0.15) is 144 Å². The third kappa shape index (κ3) is 13.1. The largest absolute Gasteiger partial charge is 0.416 e. The smallest absolute Gasteiger partial charge is 0.197 e. The molecule has 72 heavy (non-hydrogen) atoms. The van der Waals surface area contributed by atoms with Gasteiger partial charge in [-0.15, -0.1) is 0 Å². The average molecular weight is 1080 g/mol. The minimum atomic E-state index is -6.13. The number of halogens is 24. The van der Waals surface area contributed by atoms with E-state index in [0.717, 1.165) is 12.3 Å². The van der Waals surface area contributed by atoms with E-state index in [0.29, 0.717) is 0 Å². The molecule has 0 aliphatic heterocycles. The molecule has 1 heterocycles. The van der Waals surface area contributed by atoms with Crippen LogP contribution >= 0.6 is 12.6 Å². The fraction of sp³-hybridized carbons (Fsp3) is 0.222. The number of benzene rings is 5. The summed E-state index contributed by atoms with van der Waals surface area (Å²) in [6, 6.07) is 7.86. The van der Waals surface area contributed by atoms with Crippen LogP contribution in [0.25, 0.3) is 0 Å². The van der Waals surface area contributed by atoms with Crippen molar-refractivity contribution in [1.82, 2.24) is 0 Å². The molecule has 0 spiro atoms. The van der Waals surface area contributed by atoms with E-state index in [1.54, 1.807) is 0 Å². The van der Waals surface area contributed by atoms with Crippen LogP contribution in [0.1, 0.15) is 55.8 Å². The molecule has 0 saturated heterocycles. The van der Waals surface area contributed by atoms with Gasteiger partial charge in [0.1, 0.15) is 6.15 Å². The fourth-order valence-electron chi connectivity index (χ4n) is 7.66. The molecule has 0 radical (unpaired) electrons. The monoisotopic (exact) mass is 1080 g/mol. The topological polar surface area (TPSA) is 3.88 Å². The van der Waals surface area contributed by atoms with Gasteiger partial charge in [-0.3, -0.25) is 0 Å². The Labute approximate surface area is 395 Å². The molecule has 1 nitrogen and oxygen atoms in total. The van der Waals surface area contributed by atoms with Gasteiger partial charge in [-0.1, -0.05) is 84.9 Å². The zero-order valence-corrected chi connectivity index (χ0v) is 36.0. The first-order valence-electron chi connectivity index (χ1n) is 19.6. The highest BCUT2D eigenvalue weighted by atomic mass is 32.1. The Morgan fingerprint density at radius 3 is 0.778 bits per heavy atom. The molecule has 0 saturated carbocycles. The molecule has 5 aromatic carbocycles. The Bertz CT molecular complexity index is 2430. The van der Waals surface area contributed by atoms with E-state index in [1.165, 1.54) is 11.3 Å². The molecule has 0 N–H and O–H groups in total. The fourth-order valence-corrected chi connectivity index (χ4v) is 7.95. The highest BCUT2D eigenvalue weighted by Crippen LogP contribution is 2.41. The van der Waals surface area contributed by atoms with E-state index >= 15 is 0 Å². The maximum Gasteiger partial charge on any atom is 0.416 e. The van der Waals surface area contributed by atoms with Gasteiger partial charge in [0.15, 0.2) is 18.4 Å². The third-order valence-corrected chi connectivity index (χ3v) is 11.2. The van der Waals surface area contributed by atoms with E-state index in [9.17, 15) is 105 Å². The summed E-state index contributed by atoms with van der Waals surface area (Å²) < 4.78 is 343. The van der Waals surface area contributed by atoms with Crippen LogP contribution in [0.4, 0.5) is 105 Å². The predicted octanol–water partition coefficient (Wildman–Crippen LogP) is 13.7. The van der Waals surface area contributed by atoms with E-state index in [2.05, 4.69) is 59.8 Å². The molecule has 0 amide bonds. The first-order valence-corrected chi connectivity index (χ1v) is 20.3. The summed E-state index contributed by atoms with van der Waals surface area (Å²) in [6.45, 7) is 0.914. The van der Waals surface area contributed by atoms with Crippen molar-refractivity contribution in [2.24, 2.45) is 0 Å². The molecule has 0 atom stereocenters. The molecule has 0 aliphatic rings. The minimum Gasteiger partial charge on any atom is -0.197 e. The van der Waals surface area contributed by atoms with Crippen molar-refractivity contribution in [3.05, 3.63) is 183 Å². The third-order valence-electron chi connectivity index (χ3n) is 10.8. The second-order valence-electron chi connectivity index (χ2n) is 15.7. The Balaban J connectivity index is 0.000000542. The van der Waals surface area contributed by atoms with Crippen LogP contribution in [0, 0.1) is 0 Å². The lowest BCUT2D eigenvalue weighted by molar-refractivity contribution is -0.694. The quantitative estimate of drug-likeness (QED) is 0.0703. The second-order valence-corrected chi connectivity index (χ2v) is 16.0. The molecule has 6 rings (SSSR count). The summed E-state index contributed by atoms with van der Waals surface area (Å²) in [5.41, 5.74) is -27.6. The van der Waals surface area contributed by atoms with Gasteiger partial charge in [-0.25, -0.2) is 0 Å². The van der Waals surface area contributed by atoms with Gasteiger partial charge in [0.2, 0.25) is 0 Å². The maximum absolute atomic E-state index is 14.2. The van der Waals surface area contributed by atoms with Crippen molar-refractivity contribution in [3.8, 4) is 0 Å². The van der Waals surface area contributed by atoms with Crippen LogP contribution in [0.15, 0.2) is 128 Å².